The Bertz CT molecular complexity index is 459. The van der Waals surface area contributed by atoms with E-state index in [1.54, 1.807) is 0 Å². The predicted octanol–water partition coefficient (Wildman–Crippen LogP) is 0.280. The van der Waals surface area contributed by atoms with Gasteiger partial charge >= 0.3 is 0 Å². The number of hydrogen-bond acceptors (Lipinski definition) is 4. The average Bonchev–Trinajstić information content (AvgIpc) is 2.88. The molecule has 104 valence electrons. The van der Waals surface area contributed by atoms with E-state index in [-0.39, 0.29) is 24.1 Å². The van der Waals surface area contributed by atoms with E-state index in [2.05, 4.69) is 20.8 Å². The summed E-state index contributed by atoms with van der Waals surface area (Å²) in [4.78, 5) is 12.3. The first-order valence-electron chi connectivity index (χ1n) is 6.93. The lowest BCUT2D eigenvalue weighted by molar-refractivity contribution is -0.129. The molecule has 3 N–H and O–H groups in total. The van der Waals surface area contributed by atoms with Crippen LogP contribution in [0.1, 0.15) is 37.1 Å². The molecule has 1 aliphatic heterocycles. The molecule has 6 heteroatoms. The predicted molar refractivity (Wildman–Crippen MR) is 69.6 cm³/mol. The van der Waals surface area contributed by atoms with Crippen LogP contribution in [0, 0.1) is 0 Å². The van der Waals surface area contributed by atoms with Crippen LogP contribution < -0.4 is 10.6 Å². The van der Waals surface area contributed by atoms with Crippen LogP contribution in [0.25, 0.3) is 0 Å². The number of ether oxygens (including phenoxy) is 1. The summed E-state index contributed by atoms with van der Waals surface area (Å²) < 4.78 is 5.51. The van der Waals surface area contributed by atoms with Crippen LogP contribution >= 0.6 is 0 Å². The van der Waals surface area contributed by atoms with Gasteiger partial charge in [0.15, 0.2) is 0 Å². The number of aromatic amines is 1. The standard InChI is InChI=1S/C13H20N4O2/c1-8-11(14-5-6-19-8)13(18)16-10-4-2-3-9-7-15-17-12(9)10/h7-8,10-11,14H,2-6H2,1H3,(H,15,17)(H,16,18)/t8-,10?,11+/m1/s1. The van der Waals surface area contributed by atoms with Crippen molar-refractivity contribution in [2.75, 3.05) is 13.2 Å². The van der Waals surface area contributed by atoms with E-state index in [1.807, 2.05) is 13.1 Å². The van der Waals surface area contributed by atoms with Crippen LogP contribution in [-0.4, -0.2) is 41.4 Å². The number of hydrogen-bond donors (Lipinski definition) is 3. The number of aryl methyl sites for hydroxylation is 1. The van der Waals surface area contributed by atoms with Gasteiger partial charge in [0.05, 0.1) is 30.6 Å². The summed E-state index contributed by atoms with van der Waals surface area (Å²) in [7, 11) is 0. The number of aromatic nitrogens is 2. The van der Waals surface area contributed by atoms with Crippen LogP contribution in [-0.2, 0) is 16.0 Å². The molecule has 6 nitrogen and oxygen atoms in total. The SMILES string of the molecule is C[C@H]1OCCN[C@@H]1C(=O)NC1CCCc2cn[nH]c21. The third kappa shape index (κ3) is 2.50. The van der Waals surface area contributed by atoms with Crippen molar-refractivity contribution in [1.82, 2.24) is 20.8 Å². The van der Waals surface area contributed by atoms with Gasteiger partial charge in [-0.2, -0.15) is 5.10 Å². The van der Waals surface area contributed by atoms with E-state index >= 15 is 0 Å². The second kappa shape index (κ2) is 5.30. The number of fused-ring (bicyclic) bond motifs is 1. The Morgan fingerprint density at radius 1 is 1.58 bits per heavy atom. The number of rotatable bonds is 2. The molecule has 0 aromatic carbocycles. The molecule has 0 spiro atoms. The van der Waals surface area contributed by atoms with Gasteiger partial charge in [-0.15, -0.1) is 0 Å². The maximum atomic E-state index is 12.3. The monoisotopic (exact) mass is 264 g/mol. The lowest BCUT2D eigenvalue weighted by Gasteiger charge is -2.31. The fourth-order valence-electron chi connectivity index (χ4n) is 2.90. The summed E-state index contributed by atoms with van der Waals surface area (Å²) in [6.45, 7) is 3.32. The zero-order valence-corrected chi connectivity index (χ0v) is 11.1. The minimum absolute atomic E-state index is 0.0136. The summed E-state index contributed by atoms with van der Waals surface area (Å²) in [6.07, 6.45) is 4.86. The highest BCUT2D eigenvalue weighted by molar-refractivity contribution is 5.83. The molecule has 19 heavy (non-hydrogen) atoms. The van der Waals surface area contributed by atoms with Crippen LogP contribution in [0.3, 0.4) is 0 Å². The molecule has 0 bridgehead atoms. The second-order valence-corrected chi connectivity index (χ2v) is 5.27. The van der Waals surface area contributed by atoms with Crippen molar-refractivity contribution >= 4 is 5.91 Å². The minimum atomic E-state index is -0.262. The minimum Gasteiger partial charge on any atom is -0.375 e. The molecule has 1 fully saturated rings. The molecule has 1 unspecified atom stereocenters. The Morgan fingerprint density at radius 3 is 3.32 bits per heavy atom. The third-order valence-corrected chi connectivity index (χ3v) is 3.95. The van der Waals surface area contributed by atoms with Gasteiger partial charge in [-0.25, -0.2) is 0 Å². The summed E-state index contributed by atoms with van der Waals surface area (Å²) in [6, 6.07) is -0.211. The first kappa shape index (κ1) is 12.6. The van der Waals surface area contributed by atoms with Crippen LogP contribution in [0.2, 0.25) is 0 Å². The second-order valence-electron chi connectivity index (χ2n) is 5.27. The van der Waals surface area contributed by atoms with E-state index in [4.69, 9.17) is 4.74 Å². The zero-order chi connectivity index (χ0) is 13.2. The number of nitrogens with zero attached hydrogens (tertiary/aromatic N) is 1. The molecule has 3 rings (SSSR count). The normalized spacial score (nSPS) is 30.7. The van der Waals surface area contributed by atoms with Gasteiger partial charge in [0.25, 0.3) is 0 Å². The Balaban J connectivity index is 1.67. The molecular weight excluding hydrogens is 244 g/mol. The van der Waals surface area contributed by atoms with Gasteiger partial charge in [0.2, 0.25) is 5.91 Å². The molecule has 2 heterocycles. The number of carbonyl (C=O) groups excluding carboxylic acids is 1. The highest BCUT2D eigenvalue weighted by atomic mass is 16.5. The van der Waals surface area contributed by atoms with E-state index in [0.717, 1.165) is 31.5 Å². The number of nitrogens with one attached hydrogen (secondary N) is 3. The molecule has 1 aliphatic carbocycles. The van der Waals surface area contributed by atoms with Gasteiger partial charge in [0, 0.05) is 6.54 Å². The van der Waals surface area contributed by atoms with E-state index < -0.39 is 0 Å². The third-order valence-electron chi connectivity index (χ3n) is 3.95. The first-order chi connectivity index (χ1) is 9.25. The molecule has 1 aromatic heterocycles. The van der Waals surface area contributed by atoms with Gasteiger partial charge < -0.3 is 15.4 Å². The van der Waals surface area contributed by atoms with E-state index in [9.17, 15) is 4.79 Å². The van der Waals surface area contributed by atoms with Crippen molar-refractivity contribution in [2.24, 2.45) is 0 Å². The highest BCUT2D eigenvalue weighted by Crippen LogP contribution is 2.27. The maximum absolute atomic E-state index is 12.3. The molecule has 2 aliphatic rings. The number of H-pyrrole nitrogens is 1. The molecule has 1 aromatic rings. The fraction of sp³-hybridized carbons (Fsp3) is 0.692. The van der Waals surface area contributed by atoms with Crippen molar-refractivity contribution in [3.05, 3.63) is 17.5 Å². The quantitative estimate of drug-likeness (QED) is 0.717. The van der Waals surface area contributed by atoms with Gasteiger partial charge in [-0.05, 0) is 31.7 Å². The van der Waals surface area contributed by atoms with Crippen LogP contribution in [0.5, 0.6) is 0 Å². The van der Waals surface area contributed by atoms with Crippen molar-refractivity contribution < 1.29 is 9.53 Å². The largest absolute Gasteiger partial charge is 0.375 e. The first-order valence-corrected chi connectivity index (χ1v) is 6.93. The number of amides is 1. The van der Waals surface area contributed by atoms with Gasteiger partial charge in [-0.3, -0.25) is 9.89 Å². The summed E-state index contributed by atoms with van der Waals surface area (Å²) in [5.41, 5.74) is 2.28. The summed E-state index contributed by atoms with van der Waals surface area (Å²) in [5.74, 6) is 0.0136. The Hall–Kier alpha value is -1.40. The molecule has 0 saturated carbocycles. The maximum Gasteiger partial charge on any atom is 0.240 e. The number of carbonyl (C=O) groups is 1. The Kier molecular flexibility index (Phi) is 3.52. The zero-order valence-electron chi connectivity index (χ0n) is 11.1. The highest BCUT2D eigenvalue weighted by Gasteiger charge is 2.31. The summed E-state index contributed by atoms with van der Waals surface area (Å²) >= 11 is 0. The Morgan fingerprint density at radius 2 is 2.47 bits per heavy atom. The van der Waals surface area contributed by atoms with Crippen molar-refractivity contribution in [1.29, 1.82) is 0 Å². The van der Waals surface area contributed by atoms with Gasteiger partial charge in [-0.1, -0.05) is 0 Å². The van der Waals surface area contributed by atoms with Crippen LogP contribution in [0.15, 0.2) is 6.20 Å². The lowest BCUT2D eigenvalue weighted by Crippen LogP contribution is -2.56. The molecule has 1 saturated heterocycles. The van der Waals surface area contributed by atoms with Crippen molar-refractivity contribution in [2.45, 2.75) is 44.4 Å². The van der Waals surface area contributed by atoms with Crippen molar-refractivity contribution in [3.8, 4) is 0 Å². The summed E-state index contributed by atoms with van der Waals surface area (Å²) in [5, 5.41) is 13.4. The van der Waals surface area contributed by atoms with E-state index in [0.29, 0.717) is 6.61 Å². The van der Waals surface area contributed by atoms with Crippen LogP contribution in [0.4, 0.5) is 0 Å². The molecule has 1 amide bonds. The van der Waals surface area contributed by atoms with Gasteiger partial charge in [0.1, 0.15) is 6.04 Å². The van der Waals surface area contributed by atoms with Crippen molar-refractivity contribution in [3.63, 3.8) is 0 Å². The Labute approximate surface area is 112 Å². The smallest absolute Gasteiger partial charge is 0.240 e. The topological polar surface area (TPSA) is 79.0 Å². The molecule has 3 atom stereocenters. The molecule has 0 radical (unpaired) electrons. The average molecular weight is 264 g/mol. The van der Waals surface area contributed by atoms with E-state index in [1.165, 1.54) is 5.56 Å². The fourth-order valence-corrected chi connectivity index (χ4v) is 2.90. The molecular formula is C13H20N4O2. The lowest BCUT2D eigenvalue weighted by atomic mass is 9.93. The number of morpholine rings is 1.